The van der Waals surface area contributed by atoms with E-state index >= 15 is 0 Å². The first kappa shape index (κ1) is 28.3. The van der Waals surface area contributed by atoms with Crippen molar-refractivity contribution in [3.8, 4) is 5.75 Å². The van der Waals surface area contributed by atoms with Crippen LogP contribution in [0, 0.1) is 11.6 Å². The number of nitrogens with zero attached hydrogens (tertiary/aromatic N) is 2. The number of halogens is 5. The van der Waals surface area contributed by atoms with Gasteiger partial charge in [-0.3, -0.25) is 14.4 Å². The Bertz CT molecular complexity index is 1460. The standard InChI is InChI=1S/C22H22F5N5O6S/c1-11(22(25,26)27)28-19(34)20(35)32-6-5-21(9-32)10-38-17-15(39(36,37)30-21)8-31(2)16(17)18(33)29-12-3-4-13(23)14(24)7-12/h3-4,7-8,11,30H,5-6,9-10H2,1-2H3,(H,28,34)(H,29,33)/t11-,21?/m0/s1. The van der Waals surface area contributed by atoms with Crippen LogP contribution in [0.2, 0.25) is 0 Å². The molecule has 1 saturated heterocycles. The van der Waals surface area contributed by atoms with Crippen LogP contribution >= 0.6 is 0 Å². The molecule has 0 aliphatic carbocycles. The Hall–Kier alpha value is -3.73. The Morgan fingerprint density at radius 1 is 1.18 bits per heavy atom. The molecule has 3 heterocycles. The number of amides is 3. The van der Waals surface area contributed by atoms with Gasteiger partial charge in [-0.15, -0.1) is 0 Å². The zero-order valence-corrected chi connectivity index (χ0v) is 21.2. The molecule has 0 bridgehead atoms. The van der Waals surface area contributed by atoms with E-state index in [-0.39, 0.29) is 30.1 Å². The normalized spacial score (nSPS) is 21.1. The van der Waals surface area contributed by atoms with E-state index in [9.17, 15) is 44.8 Å². The van der Waals surface area contributed by atoms with Crippen LogP contribution in [0.1, 0.15) is 23.8 Å². The number of carbonyl (C=O) groups excluding carboxylic acids is 3. The van der Waals surface area contributed by atoms with Crippen molar-refractivity contribution >= 4 is 33.4 Å². The summed E-state index contributed by atoms with van der Waals surface area (Å²) in [6.45, 7) is -0.299. The van der Waals surface area contributed by atoms with Gasteiger partial charge in [0.05, 0.1) is 5.54 Å². The summed E-state index contributed by atoms with van der Waals surface area (Å²) in [5.41, 5.74) is -1.82. The number of rotatable bonds is 3. The molecule has 212 valence electrons. The van der Waals surface area contributed by atoms with Gasteiger partial charge in [-0.1, -0.05) is 0 Å². The molecule has 1 fully saturated rings. The molecule has 3 N–H and O–H groups in total. The van der Waals surface area contributed by atoms with Crippen LogP contribution in [-0.2, 0) is 26.7 Å². The predicted octanol–water partition coefficient (Wildman–Crippen LogP) is 1.26. The van der Waals surface area contributed by atoms with Crippen molar-refractivity contribution in [3.63, 3.8) is 0 Å². The summed E-state index contributed by atoms with van der Waals surface area (Å²) in [7, 11) is -3.01. The van der Waals surface area contributed by atoms with E-state index in [2.05, 4.69) is 10.0 Å². The van der Waals surface area contributed by atoms with E-state index < -0.39 is 75.2 Å². The fourth-order valence-corrected chi connectivity index (χ4v) is 5.85. The van der Waals surface area contributed by atoms with Gasteiger partial charge in [0.15, 0.2) is 23.1 Å². The number of alkyl halides is 3. The van der Waals surface area contributed by atoms with Gasteiger partial charge >= 0.3 is 18.0 Å². The maximum absolute atomic E-state index is 13.6. The fraction of sp³-hybridized carbons (Fsp3) is 0.409. The van der Waals surface area contributed by atoms with Gasteiger partial charge in [-0.25, -0.2) is 17.2 Å². The highest BCUT2D eigenvalue weighted by Gasteiger charge is 2.49. The number of likely N-dealkylation sites (tertiary alicyclic amines) is 1. The first-order valence-corrected chi connectivity index (χ1v) is 12.8. The first-order chi connectivity index (χ1) is 18.0. The summed E-state index contributed by atoms with van der Waals surface area (Å²) < 4.78 is 101. The highest BCUT2D eigenvalue weighted by atomic mass is 32.2. The third-order valence-corrected chi connectivity index (χ3v) is 7.87. The SMILES string of the molecule is C[C@H](NC(=O)C(=O)N1CCC2(COc3c(cn(C)c3C(=O)Nc3ccc(F)c(F)c3)S(=O)(=O)N2)C1)C(F)(F)F. The number of hydrogen-bond acceptors (Lipinski definition) is 6. The summed E-state index contributed by atoms with van der Waals surface area (Å²) in [4.78, 5) is 38.0. The van der Waals surface area contributed by atoms with Crippen molar-refractivity contribution in [2.75, 3.05) is 25.0 Å². The number of carbonyl (C=O) groups is 3. The minimum Gasteiger partial charge on any atom is -0.488 e. The summed E-state index contributed by atoms with van der Waals surface area (Å²) in [5.74, 6) is -6.38. The van der Waals surface area contributed by atoms with Crippen molar-refractivity contribution in [2.45, 2.75) is 36.0 Å². The minimum atomic E-state index is -4.77. The van der Waals surface area contributed by atoms with Gasteiger partial charge < -0.3 is 24.8 Å². The lowest BCUT2D eigenvalue weighted by Gasteiger charge is -2.27. The van der Waals surface area contributed by atoms with Gasteiger partial charge in [-0.05, 0) is 25.5 Å². The van der Waals surface area contributed by atoms with E-state index in [4.69, 9.17) is 4.74 Å². The maximum atomic E-state index is 13.6. The largest absolute Gasteiger partial charge is 0.488 e. The lowest BCUT2D eigenvalue weighted by Crippen LogP contribution is -2.55. The second kappa shape index (κ2) is 9.78. The summed E-state index contributed by atoms with van der Waals surface area (Å²) in [5, 5.41) is 3.90. The molecule has 2 aliphatic rings. The van der Waals surface area contributed by atoms with Crippen LogP contribution in [0.4, 0.5) is 27.6 Å². The van der Waals surface area contributed by atoms with Gasteiger partial charge in [0.1, 0.15) is 17.5 Å². The molecule has 2 aliphatic heterocycles. The molecule has 1 aromatic heterocycles. The Kier molecular flexibility index (Phi) is 7.09. The number of hydrogen-bond donors (Lipinski definition) is 3. The van der Waals surface area contributed by atoms with Crippen LogP contribution in [-0.4, -0.2) is 73.1 Å². The second-order valence-electron chi connectivity index (χ2n) is 9.25. The number of anilines is 1. The summed E-state index contributed by atoms with van der Waals surface area (Å²) >= 11 is 0. The predicted molar refractivity (Wildman–Crippen MR) is 123 cm³/mol. The van der Waals surface area contributed by atoms with E-state index in [1.807, 2.05) is 0 Å². The molecule has 0 saturated carbocycles. The van der Waals surface area contributed by atoms with Crippen molar-refractivity contribution in [1.29, 1.82) is 0 Å². The highest BCUT2D eigenvalue weighted by Crippen LogP contribution is 2.37. The third-order valence-electron chi connectivity index (χ3n) is 6.30. The molecule has 1 unspecified atom stereocenters. The number of aromatic nitrogens is 1. The lowest BCUT2D eigenvalue weighted by molar-refractivity contribution is -0.162. The van der Waals surface area contributed by atoms with Crippen molar-refractivity contribution in [1.82, 2.24) is 19.5 Å². The van der Waals surface area contributed by atoms with Crippen molar-refractivity contribution in [2.24, 2.45) is 7.05 Å². The van der Waals surface area contributed by atoms with E-state index in [1.165, 1.54) is 7.05 Å². The average Bonchev–Trinajstić information content (AvgIpc) is 3.37. The number of nitrogens with one attached hydrogen (secondary N) is 3. The number of aryl methyl sites for hydroxylation is 1. The molecule has 39 heavy (non-hydrogen) atoms. The van der Waals surface area contributed by atoms with Gasteiger partial charge in [0.2, 0.25) is 10.0 Å². The minimum absolute atomic E-state index is 0.0488. The van der Waals surface area contributed by atoms with Gasteiger partial charge in [0, 0.05) is 38.1 Å². The topological polar surface area (TPSA) is 139 Å². The van der Waals surface area contributed by atoms with Crippen LogP contribution in [0.3, 0.4) is 0 Å². The molecule has 0 radical (unpaired) electrons. The molecule has 1 aromatic carbocycles. The van der Waals surface area contributed by atoms with E-state index in [0.717, 1.165) is 33.9 Å². The Balaban J connectivity index is 1.54. The quantitative estimate of drug-likeness (QED) is 0.370. The van der Waals surface area contributed by atoms with Crippen LogP contribution in [0.5, 0.6) is 5.75 Å². The molecule has 2 atom stereocenters. The molecular weight excluding hydrogens is 557 g/mol. The fourth-order valence-electron chi connectivity index (χ4n) is 4.24. The highest BCUT2D eigenvalue weighted by molar-refractivity contribution is 7.89. The monoisotopic (exact) mass is 579 g/mol. The summed E-state index contributed by atoms with van der Waals surface area (Å²) in [6.07, 6.45) is -3.72. The zero-order valence-electron chi connectivity index (χ0n) is 20.4. The average molecular weight is 580 g/mol. The van der Waals surface area contributed by atoms with Crippen LogP contribution in [0.15, 0.2) is 29.3 Å². The summed E-state index contributed by atoms with van der Waals surface area (Å²) in [6, 6.07) is 0.347. The molecule has 4 rings (SSSR count). The Morgan fingerprint density at radius 3 is 2.51 bits per heavy atom. The smallest absolute Gasteiger partial charge is 0.408 e. The molecule has 2 aromatic rings. The molecule has 1 spiro atoms. The third kappa shape index (κ3) is 5.54. The lowest BCUT2D eigenvalue weighted by atomic mass is 10.0. The second-order valence-corrected chi connectivity index (χ2v) is 10.9. The first-order valence-electron chi connectivity index (χ1n) is 11.3. The number of benzene rings is 1. The zero-order chi connectivity index (χ0) is 28.9. The Morgan fingerprint density at radius 2 is 1.87 bits per heavy atom. The van der Waals surface area contributed by atoms with Crippen LogP contribution < -0.4 is 20.1 Å². The van der Waals surface area contributed by atoms with Gasteiger partial charge in [0.25, 0.3) is 5.91 Å². The van der Waals surface area contributed by atoms with Crippen molar-refractivity contribution in [3.05, 3.63) is 41.7 Å². The molecule has 3 amide bonds. The van der Waals surface area contributed by atoms with E-state index in [0.29, 0.717) is 6.92 Å². The van der Waals surface area contributed by atoms with E-state index in [1.54, 1.807) is 5.32 Å². The molecular formula is C22H22F5N5O6S. The number of fused-ring (bicyclic) bond motifs is 1. The van der Waals surface area contributed by atoms with Crippen molar-refractivity contribution < 1.29 is 49.5 Å². The maximum Gasteiger partial charge on any atom is 0.408 e. The molecule has 11 nitrogen and oxygen atoms in total. The van der Waals surface area contributed by atoms with Crippen LogP contribution in [0.25, 0.3) is 0 Å². The number of ether oxygens (including phenoxy) is 1. The number of sulfonamides is 1. The molecule has 17 heteroatoms. The van der Waals surface area contributed by atoms with Gasteiger partial charge in [-0.2, -0.15) is 17.9 Å². The Labute approximate surface area is 218 Å².